The number of benzene rings is 2. The van der Waals surface area contributed by atoms with E-state index in [0.717, 1.165) is 6.42 Å². The Labute approximate surface area is 116 Å². The lowest BCUT2D eigenvalue weighted by molar-refractivity contribution is 0.151. The zero-order valence-corrected chi connectivity index (χ0v) is 11.0. The van der Waals surface area contributed by atoms with Crippen LogP contribution in [0.1, 0.15) is 29.6 Å². The lowest BCUT2D eigenvalue weighted by Crippen LogP contribution is -2.03. The van der Waals surface area contributed by atoms with E-state index >= 15 is 0 Å². The summed E-state index contributed by atoms with van der Waals surface area (Å²) in [6, 6.07) is 14.7. The third-order valence-corrected chi connectivity index (χ3v) is 4.17. The molecule has 2 aromatic carbocycles. The van der Waals surface area contributed by atoms with E-state index in [-0.39, 0.29) is 10.9 Å². The van der Waals surface area contributed by atoms with Crippen molar-refractivity contribution in [2.45, 2.75) is 18.4 Å². The Morgan fingerprint density at radius 3 is 2.58 bits per heavy atom. The molecule has 0 spiro atoms. The molecule has 1 fully saturated rings. The molecule has 1 aliphatic carbocycles. The maximum Gasteiger partial charge on any atom is 0.142 e. The van der Waals surface area contributed by atoms with Gasteiger partial charge in [-0.1, -0.05) is 54.1 Å². The Balaban J connectivity index is 1.80. The molecule has 0 amide bonds. The Morgan fingerprint density at radius 2 is 1.84 bits per heavy atom. The molecule has 2 aromatic rings. The van der Waals surface area contributed by atoms with Gasteiger partial charge in [0.2, 0.25) is 0 Å². The summed E-state index contributed by atoms with van der Waals surface area (Å²) in [7, 11) is 0. The lowest BCUT2D eigenvalue weighted by atomic mass is 10.0. The second-order valence-electron chi connectivity index (χ2n) is 5.00. The third-order valence-electron chi connectivity index (χ3n) is 3.77. The average molecular weight is 277 g/mol. The molecule has 0 saturated heterocycles. The molecule has 1 saturated carbocycles. The highest BCUT2D eigenvalue weighted by Crippen LogP contribution is 2.54. The summed E-state index contributed by atoms with van der Waals surface area (Å²) < 4.78 is 13.4. The van der Waals surface area contributed by atoms with Gasteiger partial charge in [-0.15, -0.1) is 0 Å². The average Bonchev–Trinajstić information content (AvgIpc) is 3.22. The first-order valence-corrected chi connectivity index (χ1v) is 6.73. The molecule has 19 heavy (non-hydrogen) atoms. The molecule has 0 aliphatic heterocycles. The highest BCUT2D eigenvalue weighted by Gasteiger charge is 2.44. The SMILES string of the molecule is OC(c1cccc(F)c1Cl)C1CC1c1ccccc1. The highest BCUT2D eigenvalue weighted by molar-refractivity contribution is 6.31. The summed E-state index contributed by atoms with van der Waals surface area (Å²) in [5, 5.41) is 10.4. The fourth-order valence-corrected chi connectivity index (χ4v) is 2.86. The normalized spacial score (nSPS) is 23.1. The van der Waals surface area contributed by atoms with E-state index in [1.165, 1.54) is 11.6 Å². The van der Waals surface area contributed by atoms with Gasteiger partial charge in [-0.2, -0.15) is 0 Å². The van der Waals surface area contributed by atoms with E-state index in [4.69, 9.17) is 11.6 Å². The van der Waals surface area contributed by atoms with Crippen molar-refractivity contribution in [3.63, 3.8) is 0 Å². The van der Waals surface area contributed by atoms with Gasteiger partial charge in [-0.3, -0.25) is 0 Å². The van der Waals surface area contributed by atoms with Gasteiger partial charge in [0.15, 0.2) is 0 Å². The van der Waals surface area contributed by atoms with Crippen LogP contribution in [-0.2, 0) is 0 Å². The molecular formula is C16H14ClFO. The van der Waals surface area contributed by atoms with Gasteiger partial charge in [0.25, 0.3) is 0 Å². The third kappa shape index (κ3) is 2.38. The molecule has 3 rings (SSSR count). The second kappa shape index (κ2) is 4.95. The first kappa shape index (κ1) is 12.6. The maximum absolute atomic E-state index is 13.4. The van der Waals surface area contributed by atoms with Gasteiger partial charge in [0.05, 0.1) is 11.1 Å². The van der Waals surface area contributed by atoms with Gasteiger partial charge >= 0.3 is 0 Å². The summed E-state index contributed by atoms with van der Waals surface area (Å²) in [5.74, 6) is -0.00707. The van der Waals surface area contributed by atoms with Crippen LogP contribution in [-0.4, -0.2) is 5.11 Å². The molecule has 0 heterocycles. The Kier molecular flexibility index (Phi) is 3.29. The molecule has 3 atom stereocenters. The lowest BCUT2D eigenvalue weighted by Gasteiger charge is -2.13. The standard InChI is InChI=1S/C16H14ClFO/c17-15-11(7-4-8-14(15)18)16(19)13-9-12(13)10-5-2-1-3-6-10/h1-8,12-13,16,19H,9H2. The van der Waals surface area contributed by atoms with Gasteiger partial charge in [0, 0.05) is 5.56 Å². The smallest absolute Gasteiger partial charge is 0.142 e. The quantitative estimate of drug-likeness (QED) is 0.885. The van der Waals surface area contributed by atoms with Crippen LogP contribution in [0.5, 0.6) is 0 Å². The molecule has 3 heteroatoms. The van der Waals surface area contributed by atoms with Crippen molar-refractivity contribution >= 4 is 11.6 Å². The molecule has 1 N–H and O–H groups in total. The topological polar surface area (TPSA) is 20.2 Å². The number of hydrogen-bond acceptors (Lipinski definition) is 1. The number of aliphatic hydroxyl groups excluding tert-OH is 1. The van der Waals surface area contributed by atoms with Gasteiger partial charge in [-0.25, -0.2) is 4.39 Å². The van der Waals surface area contributed by atoms with Crippen molar-refractivity contribution in [3.05, 3.63) is 70.5 Å². The Hall–Kier alpha value is -1.38. The molecule has 1 aliphatic rings. The van der Waals surface area contributed by atoms with Crippen molar-refractivity contribution in [1.29, 1.82) is 0 Å². The number of aliphatic hydroxyl groups is 1. The van der Waals surface area contributed by atoms with Crippen molar-refractivity contribution in [3.8, 4) is 0 Å². The number of rotatable bonds is 3. The van der Waals surface area contributed by atoms with E-state index in [2.05, 4.69) is 12.1 Å². The fraction of sp³-hybridized carbons (Fsp3) is 0.250. The fourth-order valence-electron chi connectivity index (χ4n) is 2.63. The predicted molar refractivity (Wildman–Crippen MR) is 73.7 cm³/mol. The summed E-state index contributed by atoms with van der Waals surface area (Å²) in [6.45, 7) is 0. The summed E-state index contributed by atoms with van der Waals surface area (Å²) in [6.07, 6.45) is 0.214. The van der Waals surface area contributed by atoms with Crippen LogP contribution in [0.3, 0.4) is 0 Å². The minimum absolute atomic E-state index is 0.0358. The predicted octanol–water partition coefficient (Wildman–Crippen LogP) is 4.32. The minimum atomic E-state index is -0.701. The molecule has 0 radical (unpaired) electrons. The van der Waals surface area contributed by atoms with Crippen molar-refractivity contribution < 1.29 is 9.50 Å². The van der Waals surface area contributed by atoms with Gasteiger partial charge in [-0.05, 0) is 29.9 Å². The number of hydrogen-bond donors (Lipinski definition) is 1. The van der Waals surface area contributed by atoms with Crippen molar-refractivity contribution in [2.24, 2.45) is 5.92 Å². The van der Waals surface area contributed by atoms with Crippen LogP contribution < -0.4 is 0 Å². The first-order valence-electron chi connectivity index (χ1n) is 6.35. The Morgan fingerprint density at radius 1 is 1.11 bits per heavy atom. The second-order valence-corrected chi connectivity index (χ2v) is 5.38. The zero-order chi connectivity index (χ0) is 13.4. The first-order chi connectivity index (χ1) is 9.18. The molecule has 98 valence electrons. The van der Waals surface area contributed by atoms with E-state index in [1.807, 2.05) is 18.2 Å². The zero-order valence-electron chi connectivity index (χ0n) is 10.3. The summed E-state index contributed by atoms with van der Waals surface area (Å²) in [5.41, 5.74) is 1.71. The van der Waals surface area contributed by atoms with E-state index in [9.17, 15) is 9.50 Å². The van der Waals surface area contributed by atoms with Crippen molar-refractivity contribution in [1.82, 2.24) is 0 Å². The Bertz CT molecular complexity index is 585. The number of halogens is 2. The van der Waals surface area contributed by atoms with Crippen LogP contribution in [0, 0.1) is 11.7 Å². The molecule has 0 bridgehead atoms. The van der Waals surface area contributed by atoms with Crippen LogP contribution in [0.4, 0.5) is 4.39 Å². The molecule has 3 unspecified atom stereocenters. The van der Waals surface area contributed by atoms with Crippen molar-refractivity contribution in [2.75, 3.05) is 0 Å². The van der Waals surface area contributed by atoms with E-state index in [0.29, 0.717) is 11.5 Å². The van der Waals surface area contributed by atoms with Crippen LogP contribution in [0.15, 0.2) is 48.5 Å². The van der Waals surface area contributed by atoms with Crippen LogP contribution in [0.25, 0.3) is 0 Å². The maximum atomic E-state index is 13.4. The van der Waals surface area contributed by atoms with Crippen LogP contribution >= 0.6 is 11.6 Å². The largest absolute Gasteiger partial charge is 0.388 e. The molecule has 1 nitrogen and oxygen atoms in total. The highest BCUT2D eigenvalue weighted by atomic mass is 35.5. The van der Waals surface area contributed by atoms with Crippen LogP contribution in [0.2, 0.25) is 5.02 Å². The minimum Gasteiger partial charge on any atom is -0.388 e. The molecular weight excluding hydrogens is 263 g/mol. The van der Waals surface area contributed by atoms with E-state index in [1.54, 1.807) is 12.1 Å². The molecule has 0 aromatic heterocycles. The monoisotopic (exact) mass is 276 g/mol. The van der Waals surface area contributed by atoms with Gasteiger partial charge < -0.3 is 5.11 Å². The van der Waals surface area contributed by atoms with Gasteiger partial charge in [0.1, 0.15) is 5.82 Å². The summed E-state index contributed by atoms with van der Waals surface area (Å²) in [4.78, 5) is 0. The summed E-state index contributed by atoms with van der Waals surface area (Å²) >= 11 is 5.92. The van der Waals surface area contributed by atoms with E-state index < -0.39 is 11.9 Å².